The fourth-order valence-corrected chi connectivity index (χ4v) is 3.04. The Hall–Kier alpha value is -4.07. The van der Waals surface area contributed by atoms with Gasteiger partial charge in [-0.3, -0.25) is 19.2 Å². The van der Waals surface area contributed by atoms with Gasteiger partial charge in [-0.2, -0.15) is 5.10 Å². The molecule has 1 aromatic heterocycles. The highest BCUT2D eigenvalue weighted by Crippen LogP contribution is 2.20. The van der Waals surface area contributed by atoms with E-state index in [1.165, 1.54) is 13.0 Å². The number of benzene rings is 2. The molecule has 0 aliphatic carbocycles. The summed E-state index contributed by atoms with van der Waals surface area (Å²) in [6.07, 6.45) is 0. The molecule has 3 rings (SSSR count). The van der Waals surface area contributed by atoms with Crippen molar-refractivity contribution in [2.45, 2.75) is 33.7 Å². The fourth-order valence-electron chi connectivity index (χ4n) is 3.04. The Balaban J connectivity index is 1.97. The third kappa shape index (κ3) is 5.60. The quantitative estimate of drug-likeness (QED) is 0.535. The van der Waals surface area contributed by atoms with Gasteiger partial charge in [0, 0.05) is 22.7 Å². The van der Waals surface area contributed by atoms with E-state index in [-0.39, 0.29) is 23.3 Å². The van der Waals surface area contributed by atoms with Crippen molar-refractivity contribution in [1.82, 2.24) is 9.78 Å². The number of hydrogen-bond donors (Lipinski definition) is 2. The summed E-state index contributed by atoms with van der Waals surface area (Å²) in [5, 5.41) is 9.78. The molecule has 2 aromatic carbocycles. The van der Waals surface area contributed by atoms with E-state index < -0.39 is 17.5 Å². The minimum Gasteiger partial charge on any atom is -0.324 e. The Morgan fingerprint density at radius 2 is 1.52 bits per heavy atom. The first kappa shape index (κ1) is 23.6. The van der Waals surface area contributed by atoms with E-state index in [1.54, 1.807) is 45.0 Å². The van der Waals surface area contributed by atoms with Crippen molar-refractivity contribution < 1.29 is 14.4 Å². The van der Waals surface area contributed by atoms with Crippen LogP contribution in [-0.2, 0) is 9.59 Å². The number of carbonyl (C=O) groups is 3. The number of Topliss-reactive ketones (excluding diaryl/α,β-unsaturated/α-hetero) is 1. The Morgan fingerprint density at radius 3 is 2.09 bits per heavy atom. The van der Waals surface area contributed by atoms with Gasteiger partial charge in [-0.15, -0.1) is 0 Å². The van der Waals surface area contributed by atoms with E-state index in [0.717, 1.165) is 10.2 Å². The van der Waals surface area contributed by atoms with Crippen LogP contribution in [0.4, 0.5) is 11.4 Å². The number of nitrogens with one attached hydrogen (secondary N) is 2. The first-order valence-electron chi connectivity index (χ1n) is 10.6. The van der Waals surface area contributed by atoms with E-state index in [9.17, 15) is 19.2 Å². The summed E-state index contributed by atoms with van der Waals surface area (Å²) in [7, 11) is 0. The maximum Gasteiger partial charge on any atom is 0.291 e. The maximum atomic E-state index is 13.1. The summed E-state index contributed by atoms with van der Waals surface area (Å²) in [6.45, 7) is 6.46. The van der Waals surface area contributed by atoms with E-state index >= 15 is 0 Å². The summed E-state index contributed by atoms with van der Waals surface area (Å²) in [5.74, 6) is -1.19. The van der Waals surface area contributed by atoms with Crippen LogP contribution >= 0.6 is 0 Å². The predicted molar refractivity (Wildman–Crippen MR) is 127 cm³/mol. The summed E-state index contributed by atoms with van der Waals surface area (Å²) < 4.78 is 1.07. The average molecular weight is 447 g/mol. The third-order valence-corrected chi connectivity index (χ3v) is 5.09. The van der Waals surface area contributed by atoms with E-state index in [2.05, 4.69) is 15.7 Å². The zero-order valence-corrected chi connectivity index (χ0v) is 19.0. The van der Waals surface area contributed by atoms with Crippen LogP contribution in [0.1, 0.15) is 44.1 Å². The van der Waals surface area contributed by atoms with Crippen molar-refractivity contribution in [2.75, 3.05) is 10.6 Å². The van der Waals surface area contributed by atoms with Gasteiger partial charge in [-0.1, -0.05) is 44.2 Å². The monoisotopic (exact) mass is 446 g/mol. The normalized spacial score (nSPS) is 11.7. The molecule has 170 valence electrons. The van der Waals surface area contributed by atoms with E-state index in [0.29, 0.717) is 16.9 Å². The highest BCUT2D eigenvalue weighted by molar-refractivity contribution is 5.96. The molecule has 0 saturated heterocycles. The first-order chi connectivity index (χ1) is 15.7. The molecular weight excluding hydrogens is 420 g/mol. The molecule has 0 aliphatic rings. The van der Waals surface area contributed by atoms with Gasteiger partial charge in [0.1, 0.15) is 11.7 Å². The molecule has 0 bridgehead atoms. The molecule has 3 aromatic rings. The molecule has 8 heteroatoms. The third-order valence-electron chi connectivity index (χ3n) is 5.09. The second kappa shape index (κ2) is 10.0. The van der Waals surface area contributed by atoms with Gasteiger partial charge in [0.25, 0.3) is 5.56 Å². The molecule has 33 heavy (non-hydrogen) atoms. The van der Waals surface area contributed by atoms with Gasteiger partial charge in [0.05, 0.1) is 5.69 Å². The van der Waals surface area contributed by atoms with Crippen molar-refractivity contribution in [3.63, 3.8) is 0 Å². The number of carbonyl (C=O) groups excluding carboxylic acids is 3. The molecule has 0 saturated carbocycles. The Kier molecular flexibility index (Phi) is 7.17. The Morgan fingerprint density at radius 1 is 0.879 bits per heavy atom. The van der Waals surface area contributed by atoms with Gasteiger partial charge in [0.15, 0.2) is 5.78 Å². The summed E-state index contributed by atoms with van der Waals surface area (Å²) in [6, 6.07) is 16.2. The van der Waals surface area contributed by atoms with Crippen molar-refractivity contribution in [2.24, 2.45) is 5.92 Å². The molecule has 1 atom stereocenters. The topological polar surface area (TPSA) is 110 Å². The zero-order valence-electron chi connectivity index (χ0n) is 19.0. The minimum absolute atomic E-state index is 0.0491. The van der Waals surface area contributed by atoms with Crippen LogP contribution < -0.4 is 16.2 Å². The van der Waals surface area contributed by atoms with E-state index in [1.807, 2.05) is 30.3 Å². The molecule has 2 amide bonds. The number of aromatic nitrogens is 2. The predicted octanol–water partition coefficient (Wildman–Crippen LogP) is 3.91. The van der Waals surface area contributed by atoms with Crippen molar-refractivity contribution in [3.05, 3.63) is 76.6 Å². The number of ketones is 1. The number of hydrogen-bond acceptors (Lipinski definition) is 5. The SMILES string of the molecule is CC(=O)c1ccc(NC(=O)[C@H](C)n2nc(-c3ccccc3)cc(NC(=O)C(C)C)c2=O)cc1. The highest BCUT2D eigenvalue weighted by Gasteiger charge is 2.22. The molecule has 0 fully saturated rings. The van der Waals surface area contributed by atoms with Crippen LogP contribution in [0.3, 0.4) is 0 Å². The van der Waals surface area contributed by atoms with Crippen LogP contribution in [0.5, 0.6) is 0 Å². The second-order valence-corrected chi connectivity index (χ2v) is 8.00. The lowest BCUT2D eigenvalue weighted by atomic mass is 10.1. The summed E-state index contributed by atoms with van der Waals surface area (Å²) in [5.41, 5.74) is 1.65. The first-order valence-corrected chi connectivity index (χ1v) is 10.6. The van der Waals surface area contributed by atoms with Crippen molar-refractivity contribution in [3.8, 4) is 11.3 Å². The van der Waals surface area contributed by atoms with Gasteiger partial charge < -0.3 is 10.6 Å². The molecule has 1 heterocycles. The van der Waals surface area contributed by atoms with Gasteiger partial charge in [-0.05, 0) is 44.2 Å². The summed E-state index contributed by atoms with van der Waals surface area (Å²) >= 11 is 0. The Labute approximate surface area is 191 Å². The van der Waals surface area contributed by atoms with Crippen LogP contribution in [0, 0.1) is 5.92 Å². The lowest BCUT2D eigenvalue weighted by Gasteiger charge is -2.17. The zero-order chi connectivity index (χ0) is 24.1. The molecule has 8 nitrogen and oxygen atoms in total. The second-order valence-electron chi connectivity index (χ2n) is 8.00. The smallest absolute Gasteiger partial charge is 0.291 e. The lowest BCUT2D eigenvalue weighted by Crippen LogP contribution is -2.36. The van der Waals surface area contributed by atoms with Crippen molar-refractivity contribution >= 4 is 29.0 Å². The van der Waals surface area contributed by atoms with Crippen LogP contribution in [0.15, 0.2) is 65.5 Å². The van der Waals surface area contributed by atoms with Crippen molar-refractivity contribution in [1.29, 1.82) is 0 Å². The Bertz CT molecular complexity index is 1230. The highest BCUT2D eigenvalue weighted by atomic mass is 16.2. The number of amides is 2. The number of nitrogens with zero attached hydrogens (tertiary/aromatic N) is 2. The molecule has 0 spiro atoms. The number of anilines is 2. The fraction of sp³-hybridized carbons (Fsp3) is 0.240. The molecule has 0 radical (unpaired) electrons. The maximum absolute atomic E-state index is 13.1. The van der Waals surface area contributed by atoms with E-state index in [4.69, 9.17) is 0 Å². The van der Waals surface area contributed by atoms with Gasteiger partial charge >= 0.3 is 0 Å². The summed E-state index contributed by atoms with van der Waals surface area (Å²) in [4.78, 5) is 49.7. The molecular formula is C25H26N4O4. The molecule has 0 aliphatic heterocycles. The van der Waals surface area contributed by atoms with Gasteiger partial charge in [0.2, 0.25) is 11.8 Å². The molecule has 2 N–H and O–H groups in total. The largest absolute Gasteiger partial charge is 0.324 e. The standard InChI is InChI=1S/C25H26N4O4/c1-15(2)23(31)27-22-14-21(19-8-6-5-7-9-19)28-29(25(22)33)16(3)24(32)26-20-12-10-18(11-13-20)17(4)30/h5-16H,1-4H3,(H,26,32)(H,27,31)/t16-/m0/s1. The molecule has 0 unspecified atom stereocenters. The van der Waals surface area contributed by atoms with Gasteiger partial charge in [-0.25, -0.2) is 4.68 Å². The number of rotatable bonds is 7. The lowest BCUT2D eigenvalue weighted by molar-refractivity contribution is -0.119. The van der Waals surface area contributed by atoms with Crippen LogP contribution in [-0.4, -0.2) is 27.4 Å². The van der Waals surface area contributed by atoms with Crippen LogP contribution in [0.25, 0.3) is 11.3 Å². The van der Waals surface area contributed by atoms with Crippen LogP contribution in [0.2, 0.25) is 0 Å². The minimum atomic E-state index is -0.969. The average Bonchev–Trinajstić information content (AvgIpc) is 2.80.